The molecule has 0 bridgehead atoms. The summed E-state index contributed by atoms with van der Waals surface area (Å²) in [7, 11) is 3.54. The highest BCUT2D eigenvalue weighted by Gasteiger charge is 2.24. The van der Waals surface area contributed by atoms with E-state index in [1.165, 1.54) is 38.5 Å². The number of guanidine groups is 1. The summed E-state index contributed by atoms with van der Waals surface area (Å²) in [4.78, 5) is 17.8. The van der Waals surface area contributed by atoms with Gasteiger partial charge in [0.2, 0.25) is 5.91 Å². The van der Waals surface area contributed by atoms with Crippen LogP contribution in [0, 0.1) is 11.8 Å². The molecule has 120 valence electrons. The van der Waals surface area contributed by atoms with Gasteiger partial charge in [0.05, 0.1) is 0 Å². The van der Waals surface area contributed by atoms with Crippen molar-refractivity contribution in [1.29, 1.82) is 0 Å². The quantitative estimate of drug-likeness (QED) is 0.598. The van der Waals surface area contributed by atoms with E-state index >= 15 is 0 Å². The average Bonchev–Trinajstić information content (AvgIpc) is 3.27. The Balaban J connectivity index is 1.89. The second kappa shape index (κ2) is 7.66. The van der Waals surface area contributed by atoms with Crippen molar-refractivity contribution >= 4 is 11.9 Å². The van der Waals surface area contributed by atoms with Crippen LogP contribution in [0.2, 0.25) is 0 Å². The van der Waals surface area contributed by atoms with Gasteiger partial charge in [0, 0.05) is 26.7 Å². The summed E-state index contributed by atoms with van der Waals surface area (Å²) >= 11 is 0. The number of likely N-dealkylation sites (N-methyl/N-ethyl adjacent to an activating group) is 1. The van der Waals surface area contributed by atoms with Crippen LogP contribution in [0.15, 0.2) is 4.99 Å². The Hall–Kier alpha value is -1.26. The Morgan fingerprint density at radius 1 is 1.19 bits per heavy atom. The maximum atomic E-state index is 11.7. The monoisotopic (exact) mass is 294 g/mol. The minimum Gasteiger partial charge on any atom is -0.356 e. The van der Waals surface area contributed by atoms with Crippen molar-refractivity contribution in [3.05, 3.63) is 0 Å². The molecule has 2 fully saturated rings. The number of carbonyl (C=O) groups excluding carboxylic acids is 1. The van der Waals surface area contributed by atoms with Gasteiger partial charge in [-0.25, -0.2) is 4.99 Å². The van der Waals surface area contributed by atoms with Crippen molar-refractivity contribution in [2.24, 2.45) is 16.8 Å². The molecule has 2 saturated carbocycles. The SMILES string of the molecule is CC1CCCCC1NC(=NCC(=O)N(C)C)NCC1CC1. The Kier molecular flexibility index (Phi) is 5.88. The Morgan fingerprint density at radius 3 is 2.52 bits per heavy atom. The van der Waals surface area contributed by atoms with E-state index in [4.69, 9.17) is 0 Å². The summed E-state index contributed by atoms with van der Waals surface area (Å²) in [6.07, 6.45) is 7.74. The van der Waals surface area contributed by atoms with Crippen LogP contribution in [0.4, 0.5) is 0 Å². The predicted molar refractivity (Wildman–Crippen MR) is 86.3 cm³/mol. The summed E-state index contributed by atoms with van der Waals surface area (Å²) in [6.45, 7) is 3.50. The first-order chi connectivity index (χ1) is 10.1. The molecule has 5 heteroatoms. The molecular formula is C16H30N4O. The van der Waals surface area contributed by atoms with Gasteiger partial charge in [-0.2, -0.15) is 0 Å². The van der Waals surface area contributed by atoms with Gasteiger partial charge in [-0.1, -0.05) is 19.8 Å². The molecule has 1 amide bonds. The molecule has 0 aliphatic heterocycles. The van der Waals surface area contributed by atoms with Crippen LogP contribution in [-0.4, -0.2) is 50.0 Å². The van der Waals surface area contributed by atoms with Crippen LogP contribution < -0.4 is 10.6 Å². The third-order valence-corrected chi connectivity index (χ3v) is 4.56. The highest BCUT2D eigenvalue weighted by atomic mass is 16.2. The van der Waals surface area contributed by atoms with Gasteiger partial charge in [0.25, 0.3) is 0 Å². The first-order valence-corrected chi connectivity index (χ1v) is 8.31. The van der Waals surface area contributed by atoms with Crippen LogP contribution in [0.1, 0.15) is 45.4 Å². The summed E-state index contributed by atoms with van der Waals surface area (Å²) in [5.41, 5.74) is 0. The van der Waals surface area contributed by atoms with Gasteiger partial charge in [-0.3, -0.25) is 4.79 Å². The Labute approximate surface area is 128 Å². The minimum absolute atomic E-state index is 0.0409. The van der Waals surface area contributed by atoms with Crippen LogP contribution in [0.3, 0.4) is 0 Å². The number of hydrogen-bond donors (Lipinski definition) is 2. The fraction of sp³-hybridized carbons (Fsp3) is 0.875. The normalized spacial score (nSPS) is 26.3. The van der Waals surface area contributed by atoms with Crippen molar-refractivity contribution in [3.63, 3.8) is 0 Å². The lowest BCUT2D eigenvalue weighted by atomic mass is 9.86. The fourth-order valence-corrected chi connectivity index (χ4v) is 2.71. The van der Waals surface area contributed by atoms with Gasteiger partial charge < -0.3 is 15.5 Å². The topological polar surface area (TPSA) is 56.7 Å². The van der Waals surface area contributed by atoms with Crippen molar-refractivity contribution in [2.45, 2.75) is 51.5 Å². The molecule has 0 aromatic heterocycles. The molecule has 5 nitrogen and oxygen atoms in total. The molecule has 2 atom stereocenters. The maximum Gasteiger partial charge on any atom is 0.243 e. The zero-order valence-electron chi connectivity index (χ0n) is 13.7. The lowest BCUT2D eigenvalue weighted by Gasteiger charge is -2.31. The molecule has 0 aromatic carbocycles. The number of nitrogens with one attached hydrogen (secondary N) is 2. The van der Waals surface area contributed by atoms with Gasteiger partial charge >= 0.3 is 0 Å². The molecule has 21 heavy (non-hydrogen) atoms. The minimum atomic E-state index is 0.0409. The number of rotatable bonds is 5. The summed E-state index contributed by atoms with van der Waals surface area (Å²) in [5.74, 6) is 2.33. The van der Waals surface area contributed by atoms with Crippen LogP contribution in [0.5, 0.6) is 0 Å². The zero-order chi connectivity index (χ0) is 15.2. The highest BCUT2D eigenvalue weighted by molar-refractivity contribution is 5.85. The molecule has 2 aliphatic carbocycles. The molecule has 2 rings (SSSR count). The summed E-state index contributed by atoms with van der Waals surface area (Å²) in [6, 6.07) is 0.485. The van der Waals surface area contributed by atoms with Crippen LogP contribution >= 0.6 is 0 Å². The van der Waals surface area contributed by atoms with Gasteiger partial charge in [0.15, 0.2) is 5.96 Å². The molecule has 0 heterocycles. The molecule has 0 spiro atoms. The van der Waals surface area contributed by atoms with E-state index in [2.05, 4.69) is 22.5 Å². The van der Waals surface area contributed by atoms with Crippen LogP contribution in [0.25, 0.3) is 0 Å². The molecule has 2 aliphatic rings. The predicted octanol–water partition coefficient (Wildman–Crippen LogP) is 1.60. The Bertz CT molecular complexity index is 376. The molecule has 2 unspecified atom stereocenters. The Morgan fingerprint density at radius 2 is 1.90 bits per heavy atom. The lowest BCUT2D eigenvalue weighted by Crippen LogP contribution is -2.48. The smallest absolute Gasteiger partial charge is 0.243 e. The number of aliphatic imine (C=N–C) groups is 1. The average molecular weight is 294 g/mol. The van der Waals surface area contributed by atoms with Crippen molar-refractivity contribution in [3.8, 4) is 0 Å². The number of nitrogens with zero attached hydrogens (tertiary/aromatic N) is 2. The third kappa shape index (κ3) is 5.56. The first kappa shape index (κ1) is 16.1. The lowest BCUT2D eigenvalue weighted by molar-refractivity contribution is -0.127. The van der Waals surface area contributed by atoms with Gasteiger partial charge in [0.1, 0.15) is 6.54 Å². The van der Waals surface area contributed by atoms with E-state index in [9.17, 15) is 4.79 Å². The molecule has 2 N–H and O–H groups in total. The molecule has 0 saturated heterocycles. The second-order valence-corrected chi connectivity index (χ2v) is 6.79. The van der Waals surface area contributed by atoms with E-state index in [1.54, 1.807) is 19.0 Å². The number of amides is 1. The van der Waals surface area contributed by atoms with Crippen LogP contribution in [-0.2, 0) is 4.79 Å². The van der Waals surface area contributed by atoms with Crippen molar-refractivity contribution < 1.29 is 4.79 Å². The standard InChI is InChI=1S/C16H30N4O/c1-12-6-4-5-7-14(12)19-16(17-10-13-8-9-13)18-11-15(21)20(2)3/h12-14H,4-11H2,1-3H3,(H2,17,18,19). The highest BCUT2D eigenvalue weighted by Crippen LogP contribution is 2.27. The second-order valence-electron chi connectivity index (χ2n) is 6.79. The third-order valence-electron chi connectivity index (χ3n) is 4.56. The van der Waals surface area contributed by atoms with E-state index in [0.717, 1.165) is 18.4 Å². The van der Waals surface area contributed by atoms with E-state index in [1.807, 2.05) is 0 Å². The van der Waals surface area contributed by atoms with E-state index in [-0.39, 0.29) is 12.5 Å². The first-order valence-electron chi connectivity index (χ1n) is 8.31. The summed E-state index contributed by atoms with van der Waals surface area (Å²) < 4.78 is 0. The molecule has 0 radical (unpaired) electrons. The molecular weight excluding hydrogens is 264 g/mol. The van der Waals surface area contributed by atoms with E-state index in [0.29, 0.717) is 12.0 Å². The van der Waals surface area contributed by atoms with Gasteiger partial charge in [-0.05, 0) is 37.5 Å². The summed E-state index contributed by atoms with van der Waals surface area (Å²) in [5, 5.41) is 6.96. The van der Waals surface area contributed by atoms with Crippen molar-refractivity contribution in [1.82, 2.24) is 15.5 Å². The zero-order valence-corrected chi connectivity index (χ0v) is 13.7. The number of carbonyl (C=O) groups is 1. The maximum absolute atomic E-state index is 11.7. The largest absolute Gasteiger partial charge is 0.356 e. The van der Waals surface area contributed by atoms with E-state index < -0.39 is 0 Å². The van der Waals surface area contributed by atoms with Gasteiger partial charge in [-0.15, -0.1) is 0 Å². The number of hydrogen-bond acceptors (Lipinski definition) is 2. The fourth-order valence-electron chi connectivity index (χ4n) is 2.71. The van der Waals surface area contributed by atoms with Crippen molar-refractivity contribution in [2.75, 3.05) is 27.2 Å². The molecule has 0 aromatic rings.